The molecule has 0 saturated carbocycles. The lowest BCUT2D eigenvalue weighted by Crippen LogP contribution is -2.12. The van der Waals surface area contributed by atoms with E-state index in [4.69, 9.17) is 5.73 Å². The third kappa shape index (κ3) is 2.76. The van der Waals surface area contributed by atoms with Gasteiger partial charge < -0.3 is 5.73 Å². The van der Waals surface area contributed by atoms with Crippen molar-refractivity contribution in [2.75, 3.05) is 5.73 Å². The summed E-state index contributed by atoms with van der Waals surface area (Å²) in [6, 6.07) is 9.99. The van der Waals surface area contributed by atoms with Crippen LogP contribution in [0.15, 0.2) is 41.2 Å². The minimum absolute atomic E-state index is 0.0415. The van der Waals surface area contributed by atoms with Crippen LogP contribution < -0.4 is 11.3 Å². The third-order valence-electron chi connectivity index (χ3n) is 3.30. The second-order valence-electron chi connectivity index (χ2n) is 4.83. The van der Waals surface area contributed by atoms with Crippen molar-refractivity contribution in [3.05, 3.63) is 73.3 Å². The molecule has 0 amide bonds. The van der Waals surface area contributed by atoms with Crippen LogP contribution in [-0.4, -0.2) is 9.91 Å². The van der Waals surface area contributed by atoms with E-state index in [0.29, 0.717) is 11.4 Å². The highest BCUT2D eigenvalue weighted by atomic mass is 32.1. The lowest BCUT2D eigenvalue weighted by molar-refractivity contribution is -0.383. The standard InChI is InChI=1S/C15H10FN3O3S/c16-9-7-10(19(21)22)14-12(13(9)17)15(20)18-11(23-14)6-8-4-2-1-3-5-8/h1-5,7H,6,17H2. The Kier molecular flexibility index (Phi) is 3.75. The highest BCUT2D eigenvalue weighted by Crippen LogP contribution is 2.34. The number of anilines is 1. The quantitative estimate of drug-likeness (QED) is 0.452. The number of nitro groups is 1. The number of fused-ring (bicyclic) bond motifs is 1. The number of halogens is 1. The number of non-ortho nitro benzene ring substituents is 1. The number of nitro benzene ring substituents is 1. The molecular formula is C15H10FN3O3S. The molecule has 6 nitrogen and oxygen atoms in total. The highest BCUT2D eigenvalue weighted by molar-refractivity contribution is 7.18. The molecule has 0 aliphatic carbocycles. The van der Waals surface area contributed by atoms with Crippen LogP contribution in [0.5, 0.6) is 0 Å². The van der Waals surface area contributed by atoms with E-state index in [1.807, 2.05) is 30.3 Å². The van der Waals surface area contributed by atoms with Gasteiger partial charge in [-0.2, -0.15) is 0 Å². The average molecular weight is 331 g/mol. The van der Waals surface area contributed by atoms with Crippen LogP contribution >= 0.6 is 11.3 Å². The maximum Gasteiger partial charge on any atom is 0.290 e. The monoisotopic (exact) mass is 331 g/mol. The minimum atomic E-state index is -0.994. The summed E-state index contributed by atoms with van der Waals surface area (Å²) >= 11 is 0.974. The Balaban J connectivity index is 2.25. The van der Waals surface area contributed by atoms with Gasteiger partial charge in [-0.15, -0.1) is 11.3 Å². The Morgan fingerprint density at radius 3 is 2.65 bits per heavy atom. The van der Waals surface area contributed by atoms with Crippen molar-refractivity contribution in [1.82, 2.24) is 4.98 Å². The molecule has 23 heavy (non-hydrogen) atoms. The van der Waals surface area contributed by atoms with Gasteiger partial charge in [0.1, 0.15) is 9.71 Å². The van der Waals surface area contributed by atoms with Gasteiger partial charge in [0, 0.05) is 6.42 Å². The maximum atomic E-state index is 13.7. The molecule has 0 saturated heterocycles. The van der Waals surface area contributed by atoms with Crippen LogP contribution in [0.4, 0.5) is 15.8 Å². The van der Waals surface area contributed by atoms with Crippen molar-refractivity contribution in [3.63, 3.8) is 0 Å². The number of nitrogens with zero attached hydrogens (tertiary/aromatic N) is 2. The number of aromatic nitrogens is 1. The van der Waals surface area contributed by atoms with E-state index < -0.39 is 27.7 Å². The van der Waals surface area contributed by atoms with Crippen LogP contribution in [-0.2, 0) is 6.42 Å². The first-order valence-corrected chi connectivity index (χ1v) is 7.39. The Labute approximate surface area is 133 Å². The van der Waals surface area contributed by atoms with Gasteiger partial charge in [0.05, 0.1) is 22.1 Å². The fourth-order valence-electron chi connectivity index (χ4n) is 2.24. The minimum Gasteiger partial charge on any atom is -0.396 e. The molecule has 0 atom stereocenters. The Morgan fingerprint density at radius 1 is 1.30 bits per heavy atom. The first kappa shape index (κ1) is 15.0. The van der Waals surface area contributed by atoms with Crippen LogP contribution in [0.1, 0.15) is 10.6 Å². The summed E-state index contributed by atoms with van der Waals surface area (Å²) in [4.78, 5) is 26.5. The zero-order chi connectivity index (χ0) is 16.6. The van der Waals surface area contributed by atoms with Gasteiger partial charge >= 0.3 is 0 Å². The molecule has 0 spiro atoms. The van der Waals surface area contributed by atoms with Crippen LogP contribution in [0.2, 0.25) is 0 Å². The van der Waals surface area contributed by atoms with Crippen molar-refractivity contribution < 1.29 is 9.31 Å². The fraction of sp³-hybridized carbons (Fsp3) is 0.0667. The van der Waals surface area contributed by atoms with Crippen LogP contribution in [0.3, 0.4) is 0 Å². The first-order chi connectivity index (χ1) is 11.0. The Morgan fingerprint density at radius 2 is 2.00 bits per heavy atom. The molecule has 2 N–H and O–H groups in total. The molecule has 0 bridgehead atoms. The van der Waals surface area contributed by atoms with Crippen molar-refractivity contribution in [2.24, 2.45) is 0 Å². The molecule has 1 aromatic heterocycles. The summed E-state index contributed by atoms with van der Waals surface area (Å²) in [6.45, 7) is 0. The zero-order valence-electron chi connectivity index (χ0n) is 11.7. The van der Waals surface area contributed by atoms with Gasteiger partial charge in [-0.25, -0.2) is 9.37 Å². The number of hydrogen-bond acceptors (Lipinski definition) is 6. The van der Waals surface area contributed by atoms with E-state index in [1.54, 1.807) is 0 Å². The van der Waals surface area contributed by atoms with Crippen molar-refractivity contribution >= 4 is 32.8 Å². The normalized spacial score (nSPS) is 10.8. The Bertz CT molecular complexity index is 973. The topological polar surface area (TPSA) is 99.1 Å². The fourth-order valence-corrected chi connectivity index (χ4v) is 3.38. The van der Waals surface area contributed by atoms with E-state index in [-0.39, 0.29) is 10.1 Å². The van der Waals surface area contributed by atoms with Gasteiger partial charge in [-0.05, 0) is 5.56 Å². The van der Waals surface area contributed by atoms with Gasteiger partial charge in [0.25, 0.3) is 11.2 Å². The molecule has 2 aromatic carbocycles. The average Bonchev–Trinajstić information content (AvgIpc) is 2.51. The first-order valence-electron chi connectivity index (χ1n) is 6.57. The summed E-state index contributed by atoms with van der Waals surface area (Å²) in [5.41, 5.74) is 4.82. The molecule has 8 heteroatoms. The molecule has 3 rings (SSSR count). The molecule has 0 unspecified atom stereocenters. The van der Waals surface area contributed by atoms with E-state index >= 15 is 0 Å². The smallest absolute Gasteiger partial charge is 0.290 e. The van der Waals surface area contributed by atoms with Gasteiger partial charge in [-0.3, -0.25) is 14.9 Å². The van der Waals surface area contributed by atoms with Crippen molar-refractivity contribution in [2.45, 2.75) is 6.42 Å². The summed E-state index contributed by atoms with van der Waals surface area (Å²) in [5.74, 6) is -0.994. The highest BCUT2D eigenvalue weighted by Gasteiger charge is 2.22. The molecule has 3 aromatic rings. The summed E-state index contributed by atoms with van der Waals surface area (Å²) in [6.07, 6.45) is 0.352. The largest absolute Gasteiger partial charge is 0.396 e. The summed E-state index contributed by atoms with van der Waals surface area (Å²) < 4.78 is 13.7. The molecule has 0 fully saturated rings. The van der Waals surface area contributed by atoms with Crippen LogP contribution in [0, 0.1) is 15.9 Å². The van der Waals surface area contributed by atoms with Gasteiger partial charge in [0.15, 0.2) is 5.82 Å². The molecular weight excluding hydrogens is 321 g/mol. The molecule has 0 aliphatic rings. The number of hydrogen-bond donors (Lipinski definition) is 1. The van der Waals surface area contributed by atoms with E-state index in [9.17, 15) is 19.3 Å². The SMILES string of the molecule is Nc1c(F)cc([N+](=O)[O-])c2sc(Cc3ccccc3)nc(=O)c12. The predicted molar refractivity (Wildman–Crippen MR) is 86.2 cm³/mol. The van der Waals surface area contributed by atoms with E-state index in [1.165, 1.54) is 0 Å². The maximum absolute atomic E-state index is 13.7. The lowest BCUT2D eigenvalue weighted by Gasteiger charge is -2.05. The number of rotatable bonds is 3. The van der Waals surface area contributed by atoms with E-state index in [2.05, 4.69) is 4.98 Å². The molecule has 0 aliphatic heterocycles. The lowest BCUT2D eigenvalue weighted by atomic mass is 10.1. The zero-order valence-corrected chi connectivity index (χ0v) is 12.5. The second kappa shape index (κ2) is 5.73. The number of nitrogens with two attached hydrogens (primary N) is 1. The molecule has 116 valence electrons. The molecule has 0 radical (unpaired) electrons. The van der Waals surface area contributed by atoms with Crippen LogP contribution in [0.25, 0.3) is 10.1 Å². The van der Waals surface area contributed by atoms with Gasteiger partial charge in [0.2, 0.25) is 0 Å². The Hall–Kier alpha value is -2.87. The third-order valence-corrected chi connectivity index (χ3v) is 4.39. The second-order valence-corrected chi connectivity index (χ2v) is 5.91. The summed E-state index contributed by atoms with van der Waals surface area (Å²) in [7, 11) is 0. The number of benzene rings is 2. The van der Waals surface area contributed by atoms with Gasteiger partial charge in [-0.1, -0.05) is 30.3 Å². The predicted octanol–water partition coefficient (Wildman–Crippen LogP) is 2.88. The van der Waals surface area contributed by atoms with E-state index in [0.717, 1.165) is 23.0 Å². The molecule has 1 heterocycles. The van der Waals surface area contributed by atoms with Crippen molar-refractivity contribution in [3.8, 4) is 0 Å². The van der Waals surface area contributed by atoms with Crippen molar-refractivity contribution in [1.29, 1.82) is 0 Å². The number of nitrogen functional groups attached to an aromatic ring is 1. The summed E-state index contributed by atoms with van der Waals surface area (Å²) in [5, 5.41) is 11.3.